The van der Waals surface area contributed by atoms with Gasteiger partial charge >= 0.3 is 0 Å². The third-order valence-electron chi connectivity index (χ3n) is 9.02. The van der Waals surface area contributed by atoms with Crippen molar-refractivity contribution in [2.45, 2.75) is 44.0 Å². The van der Waals surface area contributed by atoms with Crippen LogP contribution in [0.5, 0.6) is 17.2 Å². The number of aliphatic hydroxyl groups excluding tert-OH is 1. The first-order valence-corrected chi connectivity index (χ1v) is 13.8. The van der Waals surface area contributed by atoms with Gasteiger partial charge in [0.15, 0.2) is 0 Å². The van der Waals surface area contributed by atoms with Gasteiger partial charge in [-0.05, 0) is 102 Å². The summed E-state index contributed by atoms with van der Waals surface area (Å²) in [4.78, 5) is 12.1. The summed E-state index contributed by atoms with van der Waals surface area (Å²) in [5.41, 5.74) is 1.82. The monoisotopic (exact) mass is 514 g/mol. The van der Waals surface area contributed by atoms with Crippen molar-refractivity contribution in [1.29, 1.82) is 0 Å². The Morgan fingerprint density at radius 1 is 0.842 bits per heavy atom. The van der Waals surface area contributed by atoms with Crippen molar-refractivity contribution in [1.82, 2.24) is 0 Å². The fraction of sp³-hybridized carbons (Fsp3) is 0.438. The SMILES string of the molecule is C=C(c1ccc(Oc2ccc3ccc(OCCO)cc3c2)cc1)C1COC2(OO1)C1CC3CC(C1)CC2C3. The lowest BCUT2D eigenvalue weighted by Gasteiger charge is -2.60. The fourth-order valence-corrected chi connectivity index (χ4v) is 7.34. The molecule has 6 heteroatoms. The van der Waals surface area contributed by atoms with Gasteiger partial charge in [-0.3, -0.25) is 0 Å². The molecule has 1 atom stereocenters. The smallest absolute Gasteiger partial charge is 0.207 e. The zero-order valence-corrected chi connectivity index (χ0v) is 21.5. The van der Waals surface area contributed by atoms with E-state index in [9.17, 15) is 0 Å². The van der Waals surface area contributed by atoms with Crippen LogP contribution in [-0.4, -0.2) is 36.8 Å². The van der Waals surface area contributed by atoms with Crippen molar-refractivity contribution in [2.24, 2.45) is 23.7 Å². The van der Waals surface area contributed by atoms with Crippen LogP contribution in [0.25, 0.3) is 16.3 Å². The molecule has 1 aliphatic heterocycles. The van der Waals surface area contributed by atoms with Gasteiger partial charge in [-0.25, -0.2) is 4.89 Å². The van der Waals surface area contributed by atoms with Gasteiger partial charge in [-0.2, -0.15) is 4.89 Å². The molecule has 198 valence electrons. The van der Waals surface area contributed by atoms with Crippen LogP contribution in [0.15, 0.2) is 67.2 Å². The molecule has 4 aliphatic carbocycles. The first-order chi connectivity index (χ1) is 18.6. The van der Waals surface area contributed by atoms with Crippen molar-refractivity contribution in [3.8, 4) is 17.2 Å². The summed E-state index contributed by atoms with van der Waals surface area (Å²) in [6.45, 7) is 5.03. The van der Waals surface area contributed by atoms with Crippen LogP contribution in [0.2, 0.25) is 0 Å². The van der Waals surface area contributed by atoms with Gasteiger partial charge in [0.1, 0.15) is 30.0 Å². The summed E-state index contributed by atoms with van der Waals surface area (Å²) in [7, 11) is 0. The van der Waals surface area contributed by atoms with E-state index in [0.717, 1.165) is 51.0 Å². The molecular weight excluding hydrogens is 480 g/mol. The van der Waals surface area contributed by atoms with E-state index in [2.05, 4.69) is 6.58 Å². The Hall–Kier alpha value is -2.90. The van der Waals surface area contributed by atoms with E-state index in [4.69, 9.17) is 29.1 Å². The van der Waals surface area contributed by atoms with Crippen LogP contribution in [0, 0.1) is 23.7 Å². The first-order valence-electron chi connectivity index (χ1n) is 13.8. The summed E-state index contributed by atoms with van der Waals surface area (Å²) < 4.78 is 18.2. The zero-order valence-electron chi connectivity index (χ0n) is 21.5. The maximum Gasteiger partial charge on any atom is 0.207 e. The molecule has 1 unspecified atom stereocenters. The van der Waals surface area contributed by atoms with E-state index in [1.165, 1.54) is 32.1 Å². The number of hydrogen-bond acceptors (Lipinski definition) is 6. The van der Waals surface area contributed by atoms with E-state index in [-0.39, 0.29) is 19.3 Å². The molecular formula is C32H34O6. The molecule has 3 aromatic carbocycles. The molecule has 1 spiro atoms. The lowest BCUT2D eigenvalue weighted by atomic mass is 9.53. The second-order valence-corrected chi connectivity index (χ2v) is 11.4. The maximum atomic E-state index is 9.00. The predicted octanol–water partition coefficient (Wildman–Crippen LogP) is 6.52. The van der Waals surface area contributed by atoms with Crippen molar-refractivity contribution in [3.63, 3.8) is 0 Å². The molecule has 5 fully saturated rings. The molecule has 0 amide bonds. The van der Waals surface area contributed by atoms with Gasteiger partial charge in [0.25, 0.3) is 0 Å². The van der Waals surface area contributed by atoms with E-state index in [0.29, 0.717) is 18.4 Å². The Morgan fingerprint density at radius 3 is 2.16 bits per heavy atom. The fourth-order valence-electron chi connectivity index (χ4n) is 7.34. The van der Waals surface area contributed by atoms with Gasteiger partial charge in [-0.15, -0.1) is 0 Å². The minimum atomic E-state index is -0.548. The van der Waals surface area contributed by atoms with Crippen LogP contribution in [0.1, 0.15) is 37.7 Å². The van der Waals surface area contributed by atoms with Gasteiger partial charge in [0.2, 0.25) is 5.79 Å². The van der Waals surface area contributed by atoms with Crippen molar-refractivity contribution in [2.75, 3.05) is 19.8 Å². The van der Waals surface area contributed by atoms with Crippen LogP contribution < -0.4 is 9.47 Å². The molecule has 6 nitrogen and oxygen atoms in total. The highest BCUT2D eigenvalue weighted by Crippen LogP contribution is 2.60. The number of ether oxygens (including phenoxy) is 3. The molecule has 5 aliphatic rings. The number of aliphatic hydroxyl groups is 1. The largest absolute Gasteiger partial charge is 0.491 e. The first kappa shape index (κ1) is 24.2. The number of fused-ring (bicyclic) bond motifs is 1. The molecule has 0 aromatic heterocycles. The van der Waals surface area contributed by atoms with E-state index in [1.54, 1.807) is 0 Å². The molecule has 4 bridgehead atoms. The van der Waals surface area contributed by atoms with Crippen molar-refractivity contribution in [3.05, 3.63) is 72.8 Å². The Morgan fingerprint density at radius 2 is 1.50 bits per heavy atom. The van der Waals surface area contributed by atoms with E-state index in [1.807, 2.05) is 60.7 Å². The average molecular weight is 515 g/mol. The van der Waals surface area contributed by atoms with Gasteiger partial charge in [0.05, 0.1) is 13.2 Å². The Labute approximate surface area is 223 Å². The topological polar surface area (TPSA) is 66.4 Å². The highest BCUT2D eigenvalue weighted by molar-refractivity contribution is 5.85. The lowest BCUT2D eigenvalue weighted by molar-refractivity contribution is -0.517. The Bertz CT molecular complexity index is 1290. The normalized spacial score (nSPS) is 31.6. The quantitative estimate of drug-likeness (QED) is 0.362. The lowest BCUT2D eigenvalue weighted by Crippen LogP contribution is -2.63. The molecule has 1 N–H and O–H groups in total. The minimum absolute atomic E-state index is 0.0149. The zero-order chi connectivity index (χ0) is 25.7. The van der Waals surface area contributed by atoms with Crippen LogP contribution in [0.3, 0.4) is 0 Å². The molecule has 3 aromatic rings. The second kappa shape index (κ2) is 9.69. The van der Waals surface area contributed by atoms with Gasteiger partial charge in [0, 0.05) is 11.8 Å². The third kappa shape index (κ3) is 4.30. The van der Waals surface area contributed by atoms with Crippen LogP contribution in [0.4, 0.5) is 0 Å². The number of hydrogen-bond donors (Lipinski definition) is 1. The molecule has 1 saturated heterocycles. The van der Waals surface area contributed by atoms with E-state index >= 15 is 0 Å². The summed E-state index contributed by atoms with van der Waals surface area (Å²) in [6.07, 6.45) is 5.90. The molecule has 8 rings (SSSR count). The van der Waals surface area contributed by atoms with Gasteiger partial charge < -0.3 is 19.3 Å². The molecule has 0 radical (unpaired) electrons. The van der Waals surface area contributed by atoms with Crippen molar-refractivity contribution >= 4 is 16.3 Å². The highest BCUT2D eigenvalue weighted by Gasteiger charge is 2.61. The predicted molar refractivity (Wildman–Crippen MR) is 144 cm³/mol. The molecule has 4 saturated carbocycles. The Balaban J connectivity index is 0.993. The Kier molecular flexibility index (Phi) is 6.16. The number of rotatable bonds is 7. The summed E-state index contributed by atoms with van der Waals surface area (Å²) in [5, 5.41) is 11.1. The third-order valence-corrected chi connectivity index (χ3v) is 9.02. The molecule has 38 heavy (non-hydrogen) atoms. The van der Waals surface area contributed by atoms with Gasteiger partial charge in [-0.1, -0.05) is 30.8 Å². The number of benzene rings is 3. The van der Waals surface area contributed by atoms with Crippen LogP contribution >= 0.6 is 0 Å². The second-order valence-electron chi connectivity index (χ2n) is 11.4. The summed E-state index contributed by atoms with van der Waals surface area (Å²) in [5.74, 6) is 4.26. The highest BCUT2D eigenvalue weighted by atomic mass is 17.2. The van der Waals surface area contributed by atoms with E-state index < -0.39 is 5.79 Å². The summed E-state index contributed by atoms with van der Waals surface area (Å²) in [6, 6.07) is 19.7. The van der Waals surface area contributed by atoms with Crippen LogP contribution in [-0.2, 0) is 14.5 Å². The standard InChI is InChI=1S/C32H34O6/c1-20(31-19-35-32(38-37-31)26-13-21-12-22(15-26)16-27(32)14-21)23-2-6-28(7-3-23)36-30-9-5-24-4-8-29(34-11-10-33)17-25(24)18-30/h2-9,17-18,21-22,26-27,31,33H,1,10-16,19H2. The molecule has 1 heterocycles. The average Bonchev–Trinajstić information content (AvgIpc) is 2.94. The van der Waals surface area contributed by atoms with Crippen molar-refractivity contribution < 1.29 is 29.1 Å². The minimum Gasteiger partial charge on any atom is -0.491 e. The summed E-state index contributed by atoms with van der Waals surface area (Å²) >= 11 is 0. The maximum absolute atomic E-state index is 9.00.